The topological polar surface area (TPSA) is 524 Å². The molecule has 1 heterocycles. The maximum absolute atomic E-state index is 13.9. The van der Waals surface area contributed by atoms with Crippen molar-refractivity contribution in [3.05, 3.63) is 51.6 Å². The first-order chi connectivity index (χ1) is 50.7. The van der Waals surface area contributed by atoms with Crippen LogP contribution in [0.25, 0.3) is 0 Å². The smallest absolute Gasteiger partial charge is 0.421 e. The fourth-order valence-corrected chi connectivity index (χ4v) is 10.4. The van der Waals surface area contributed by atoms with Crippen molar-refractivity contribution in [3.63, 3.8) is 0 Å². The van der Waals surface area contributed by atoms with Gasteiger partial charge in [-0.3, -0.25) is 63.2 Å². The van der Waals surface area contributed by atoms with Gasteiger partial charge in [0.05, 0.1) is 96.0 Å². The number of hydrogen-bond acceptors (Lipinski definition) is 31. The third kappa shape index (κ3) is 40.3. The summed E-state index contributed by atoms with van der Waals surface area (Å²) in [5, 5.41) is 66.9. The number of carbonyl (C=O) groups is 13. The van der Waals surface area contributed by atoms with Crippen LogP contribution in [0, 0.1) is 0 Å². The summed E-state index contributed by atoms with van der Waals surface area (Å²) in [6.45, 7) is 19.7. The van der Waals surface area contributed by atoms with E-state index in [2.05, 4.69) is 29.3 Å². The number of esters is 5. The maximum Gasteiger partial charge on any atom is 0.421 e. The number of fused-ring (bicyclic) bond motifs is 3. The van der Waals surface area contributed by atoms with E-state index in [1.807, 2.05) is 33.1 Å². The molecule has 0 spiro atoms. The van der Waals surface area contributed by atoms with Crippen molar-refractivity contribution in [3.8, 4) is 17.2 Å². The van der Waals surface area contributed by atoms with Gasteiger partial charge in [-0.1, -0.05) is 19.1 Å². The van der Waals surface area contributed by atoms with Gasteiger partial charge in [0.1, 0.15) is 45.4 Å². The highest BCUT2D eigenvalue weighted by molar-refractivity contribution is 6.31. The Bertz CT molecular complexity index is 3360. The first-order valence-corrected chi connectivity index (χ1v) is 35.6. The van der Waals surface area contributed by atoms with E-state index in [1.165, 1.54) is 60.7 Å². The number of Topliss-reactive ketones (excluding diaryl/α,β-unsaturated/α-hetero) is 3. The van der Waals surface area contributed by atoms with Gasteiger partial charge >= 0.3 is 48.0 Å². The van der Waals surface area contributed by atoms with Crippen molar-refractivity contribution in [2.45, 2.75) is 265 Å². The van der Waals surface area contributed by atoms with Crippen LogP contribution in [-0.4, -0.2) is 215 Å². The number of aliphatic carboxylic acids is 1. The number of nitrogens with two attached hydrogens (primary N) is 2. The minimum Gasteiger partial charge on any atom is -0.507 e. The molecular formula is C75H118ClN5O29. The second-order valence-corrected chi connectivity index (χ2v) is 28.2. The number of rotatable bonds is 30. The second-order valence-electron chi connectivity index (χ2n) is 28.2. The van der Waals surface area contributed by atoms with E-state index in [0.29, 0.717) is 77.0 Å². The van der Waals surface area contributed by atoms with Crippen LogP contribution in [0.5, 0.6) is 17.2 Å². The zero-order valence-electron chi connectivity index (χ0n) is 66.5. The van der Waals surface area contributed by atoms with Gasteiger partial charge in [0.2, 0.25) is 5.78 Å². The lowest BCUT2D eigenvalue weighted by atomic mass is 9.71. The summed E-state index contributed by atoms with van der Waals surface area (Å²) in [5.41, 5.74) is 2.95. The minimum absolute atomic E-state index is 0. The molecule has 35 heteroatoms. The maximum atomic E-state index is 13.9. The lowest BCUT2D eigenvalue weighted by Gasteiger charge is -2.43. The van der Waals surface area contributed by atoms with Crippen LogP contribution in [0.2, 0.25) is 0 Å². The average molecular weight is 1590 g/mol. The summed E-state index contributed by atoms with van der Waals surface area (Å²) >= 11 is 0. The van der Waals surface area contributed by atoms with Crippen molar-refractivity contribution in [2.24, 2.45) is 16.6 Å². The molecule has 1 saturated heterocycles. The molecule has 1 fully saturated rings. The average Bonchev–Trinajstić information content (AvgIpc) is 0.710. The number of methoxy groups -OCH3 is 5. The molecule has 110 heavy (non-hydrogen) atoms. The molecule has 6 unspecified atom stereocenters. The number of unbranched alkanes of at least 4 members (excludes halogenated alkanes) is 4. The van der Waals surface area contributed by atoms with Crippen LogP contribution < -0.4 is 27.1 Å². The number of phenolic OH excluding ortho intramolecular Hbond substituents is 2. The summed E-state index contributed by atoms with van der Waals surface area (Å²) in [6.07, 6.45) is 1.30. The fourth-order valence-electron chi connectivity index (χ4n) is 10.4. The number of nitrogens with zero attached hydrogens (tertiary/aromatic N) is 1. The van der Waals surface area contributed by atoms with E-state index in [1.54, 1.807) is 48.5 Å². The van der Waals surface area contributed by atoms with Crippen LogP contribution >= 0.6 is 12.4 Å². The number of aromatic hydroxyl groups is 2. The molecular weight excluding hydrogens is 1470 g/mol. The minimum atomic E-state index is -2.08. The standard InChI is InChI=1S/C35H42N2O13.C13H23NO5.C9H16O3.C7H12O4.C6H12O2.C5H12N2O2.ClH/c1-16-30(41)20(36)11-25(49-16)50-22-13-35(46,23(15-38)37-14-17(39)7-4-5-10-24(40)48-3)12-19-27(22)34(45)29-28(32(19)43)31(42)18-8-6-9-21(47-2)26(18)33(29)44;1-13(2,3)19-12(17)14-9-10(15)7-5-6-8-11(16)18-4;1-3-8(10)6-4-5-7-9(11)12-2;1-11-7(10)5-3-2-4-6(8)9;1-5(7)8-6(2,3)4;1-5(2,3)9-4(8)7-6;/h6,8-9,16,20,22,25,30,38,41,43,45-46H,4-5,7,10-15,36H2,1-3H3;5-9H2,1-4H3,(H,14,17);3-7H2,1-2H3;2-5H2,1H3,(H,8,9);1-4H3;6H2,1-3H3,(H,7,8);1H. The van der Waals surface area contributed by atoms with Crippen LogP contribution in [0.1, 0.15) is 254 Å². The van der Waals surface area contributed by atoms with E-state index in [4.69, 9.17) is 45.1 Å². The number of nitrogens with one attached hydrogen (secondary N) is 2. The molecule has 0 bridgehead atoms. The van der Waals surface area contributed by atoms with E-state index < -0.39 is 132 Å². The highest BCUT2D eigenvalue weighted by atomic mass is 35.5. The van der Waals surface area contributed by atoms with Gasteiger partial charge < -0.3 is 89.1 Å². The highest BCUT2D eigenvalue weighted by Crippen LogP contribution is 2.53. The Morgan fingerprint density at radius 1 is 0.636 bits per heavy atom. The molecule has 6 atom stereocenters. The number of aliphatic imine (C=N–C) groups is 1. The number of carboxylic acid groups (broad SMARTS) is 1. The Morgan fingerprint density at radius 2 is 1.08 bits per heavy atom. The number of benzene rings is 2. The van der Waals surface area contributed by atoms with Gasteiger partial charge in [-0.25, -0.2) is 15.4 Å². The first kappa shape index (κ1) is 103. The number of aliphatic hydroxyl groups excluding tert-OH is 2. The first-order valence-electron chi connectivity index (χ1n) is 35.6. The van der Waals surface area contributed by atoms with Crippen LogP contribution in [0.15, 0.2) is 23.2 Å². The van der Waals surface area contributed by atoms with E-state index >= 15 is 0 Å². The number of hydrazine groups is 1. The molecule has 1 aliphatic heterocycles. The van der Waals surface area contributed by atoms with E-state index in [-0.39, 0.29) is 125 Å². The largest absolute Gasteiger partial charge is 0.507 e. The Kier molecular flexibility index (Phi) is 48.5. The third-order valence-electron chi connectivity index (χ3n) is 15.7. The molecule has 624 valence electrons. The molecule has 2 aromatic carbocycles. The molecule has 2 aromatic rings. The van der Waals surface area contributed by atoms with Crippen molar-refractivity contribution in [2.75, 3.05) is 55.2 Å². The number of hydrogen-bond donors (Lipinski definition) is 10. The highest BCUT2D eigenvalue weighted by Gasteiger charge is 2.50. The number of ketones is 5. The summed E-state index contributed by atoms with van der Waals surface area (Å²) in [4.78, 5) is 152. The van der Waals surface area contributed by atoms with Crippen LogP contribution in [0.3, 0.4) is 0 Å². The zero-order valence-corrected chi connectivity index (χ0v) is 67.3. The number of halogens is 1. The molecule has 0 radical (unpaired) electrons. The normalized spacial score (nSPS) is 17.4. The molecule has 34 nitrogen and oxygen atoms in total. The number of ether oxygens (including phenoxy) is 10. The molecule has 12 N–H and O–H groups in total. The van der Waals surface area contributed by atoms with Gasteiger partial charge in [-0.05, 0) is 127 Å². The van der Waals surface area contributed by atoms with Crippen molar-refractivity contribution < 1.29 is 140 Å². The van der Waals surface area contributed by atoms with Gasteiger partial charge in [-0.15, -0.1) is 12.4 Å². The molecule has 5 rings (SSSR count). The second kappa shape index (κ2) is 51.7. The van der Waals surface area contributed by atoms with Crippen molar-refractivity contribution >= 4 is 95.0 Å². The lowest BCUT2D eigenvalue weighted by molar-refractivity contribution is -0.245. The van der Waals surface area contributed by atoms with Gasteiger partial charge in [-0.2, -0.15) is 0 Å². The number of carbonyl (C=O) groups excluding carboxylic acids is 12. The van der Waals surface area contributed by atoms with Crippen molar-refractivity contribution in [1.82, 2.24) is 10.7 Å². The SMILES string of the molecule is CC(=O)OC(C)(C)C.CC(C)(C)OC(=O)NN.CCC(=O)CCCCC(=O)OC.COC(=O)CCCCC(=O)CN=C(CO)C1(O)Cc2c(O)c3c(c(O)c2C(OC2CC(N)C(O)C(C)O2)C1)C(=O)c1c(OC)cccc1C3=O.COC(=O)CCCCC(=O)CNC(=O)OC(C)(C)C.COC(=O)CCCCC(=O)O.Cl. The van der Waals surface area contributed by atoms with Gasteiger partial charge in [0.15, 0.2) is 23.6 Å². The monoisotopic (exact) mass is 1590 g/mol. The van der Waals surface area contributed by atoms with Gasteiger partial charge in [0.25, 0.3) is 0 Å². The summed E-state index contributed by atoms with van der Waals surface area (Å²) in [7, 11) is 6.62. The molecule has 3 aliphatic rings. The van der Waals surface area contributed by atoms with Crippen LogP contribution in [-0.2, 0) is 92.2 Å². The number of aliphatic hydroxyl groups is 3. The Morgan fingerprint density at radius 3 is 1.48 bits per heavy atom. The van der Waals surface area contributed by atoms with E-state index in [9.17, 15) is 87.9 Å². The molecule has 0 saturated carbocycles. The number of amides is 2. The predicted octanol–water partition coefficient (Wildman–Crippen LogP) is 7.65. The quantitative estimate of drug-likeness (QED) is 0.00447. The van der Waals surface area contributed by atoms with Gasteiger partial charge in [0, 0.05) is 107 Å². The Hall–Kier alpha value is -8.77. The number of phenols is 2. The molecule has 2 aliphatic carbocycles. The molecule has 0 aromatic heterocycles. The Balaban J connectivity index is 0. The molecule has 2 amide bonds. The number of carboxylic acids is 1. The predicted molar refractivity (Wildman–Crippen MR) is 400 cm³/mol. The Labute approximate surface area is 648 Å². The summed E-state index contributed by atoms with van der Waals surface area (Å²) < 4.78 is 49.8. The lowest BCUT2D eigenvalue weighted by Crippen LogP contribution is -2.53. The van der Waals surface area contributed by atoms with Crippen LogP contribution in [0.4, 0.5) is 9.59 Å². The summed E-state index contributed by atoms with van der Waals surface area (Å²) in [6, 6.07) is 3.62. The number of alkyl carbamates (subject to hydrolysis) is 1. The third-order valence-corrected chi connectivity index (χ3v) is 15.7. The fraction of sp³-hybridized carbons (Fsp3) is 0.653. The van der Waals surface area contributed by atoms with E-state index in [0.717, 1.165) is 12.8 Å². The zero-order chi connectivity index (χ0) is 83.7. The summed E-state index contributed by atoms with van der Waals surface area (Å²) in [5.74, 6) is -0.398. The van der Waals surface area contributed by atoms with Crippen molar-refractivity contribution in [1.29, 1.82) is 0 Å².